The third-order valence-electron chi connectivity index (χ3n) is 4.71. The summed E-state index contributed by atoms with van der Waals surface area (Å²) in [4.78, 5) is 36.1. The molecule has 1 amide bonds. The van der Waals surface area contributed by atoms with Gasteiger partial charge in [-0.3, -0.25) is 14.3 Å². The number of anilines is 2. The van der Waals surface area contributed by atoms with Gasteiger partial charge in [0.25, 0.3) is 15.9 Å². The maximum Gasteiger partial charge on any atom is 0.340 e. The molecule has 8 nitrogen and oxygen atoms in total. The first-order valence-electron chi connectivity index (χ1n) is 10.0. The Labute approximate surface area is 195 Å². The van der Waals surface area contributed by atoms with Crippen molar-refractivity contribution in [3.8, 4) is 0 Å². The largest absolute Gasteiger partial charge is 0.452 e. The molecule has 0 saturated heterocycles. The van der Waals surface area contributed by atoms with Gasteiger partial charge in [0.2, 0.25) is 0 Å². The molecule has 0 aliphatic rings. The molecule has 10 heteroatoms. The summed E-state index contributed by atoms with van der Waals surface area (Å²) >= 11 is 0. The second-order valence-corrected chi connectivity index (χ2v) is 8.97. The van der Waals surface area contributed by atoms with Crippen LogP contribution in [0.3, 0.4) is 0 Å². The molecule has 0 saturated carbocycles. The van der Waals surface area contributed by atoms with Crippen molar-refractivity contribution in [2.45, 2.75) is 18.7 Å². The number of halogens is 1. The van der Waals surface area contributed by atoms with Crippen molar-refractivity contribution < 1.29 is 31.9 Å². The van der Waals surface area contributed by atoms with Crippen LogP contribution in [-0.4, -0.2) is 32.7 Å². The van der Waals surface area contributed by atoms with Crippen molar-refractivity contribution in [2.24, 2.45) is 0 Å². The highest BCUT2D eigenvalue weighted by Crippen LogP contribution is 2.23. The number of esters is 1. The van der Waals surface area contributed by atoms with Crippen LogP contribution in [0.1, 0.15) is 33.2 Å². The van der Waals surface area contributed by atoms with E-state index in [2.05, 4.69) is 10.0 Å². The molecular formula is C24H21FN2O6S. The zero-order valence-electron chi connectivity index (χ0n) is 18.3. The van der Waals surface area contributed by atoms with Gasteiger partial charge in [-0.05, 0) is 61.9 Å². The first-order valence-corrected chi connectivity index (χ1v) is 11.5. The average molecular weight is 485 g/mol. The van der Waals surface area contributed by atoms with E-state index in [4.69, 9.17) is 4.74 Å². The predicted molar refractivity (Wildman–Crippen MR) is 124 cm³/mol. The minimum Gasteiger partial charge on any atom is -0.452 e. The van der Waals surface area contributed by atoms with Gasteiger partial charge in [-0.25, -0.2) is 17.6 Å². The Hall–Kier alpha value is -4.05. The molecule has 0 aliphatic carbocycles. The molecule has 3 rings (SSSR count). The number of benzene rings is 3. The number of hydrogen-bond acceptors (Lipinski definition) is 6. The summed E-state index contributed by atoms with van der Waals surface area (Å²) < 4.78 is 46.3. The lowest BCUT2D eigenvalue weighted by molar-refractivity contribution is -0.119. The SMILES string of the molecule is CC(=O)c1cccc(NC(=O)COC(=O)c2ccccc2NS(=O)(=O)c2ccc(F)cc2C)c1. The summed E-state index contributed by atoms with van der Waals surface area (Å²) in [7, 11) is -4.13. The van der Waals surface area contributed by atoms with Crippen molar-refractivity contribution in [3.63, 3.8) is 0 Å². The van der Waals surface area contributed by atoms with Gasteiger partial charge in [0.1, 0.15) is 5.82 Å². The van der Waals surface area contributed by atoms with Crippen molar-refractivity contribution in [2.75, 3.05) is 16.6 Å². The fourth-order valence-corrected chi connectivity index (χ4v) is 4.39. The Morgan fingerprint density at radius 1 is 0.971 bits per heavy atom. The van der Waals surface area contributed by atoms with Crippen molar-refractivity contribution in [1.82, 2.24) is 0 Å². The van der Waals surface area contributed by atoms with Gasteiger partial charge in [0, 0.05) is 11.3 Å². The Morgan fingerprint density at radius 2 is 1.71 bits per heavy atom. The smallest absolute Gasteiger partial charge is 0.340 e. The van der Waals surface area contributed by atoms with Gasteiger partial charge in [-0.2, -0.15) is 0 Å². The molecule has 0 bridgehead atoms. The second kappa shape index (κ2) is 10.3. The van der Waals surface area contributed by atoms with Gasteiger partial charge in [0.05, 0.1) is 16.1 Å². The number of carbonyl (C=O) groups is 3. The summed E-state index contributed by atoms with van der Waals surface area (Å²) in [5.41, 5.74) is 0.782. The molecule has 34 heavy (non-hydrogen) atoms. The molecule has 176 valence electrons. The van der Waals surface area contributed by atoms with E-state index in [0.717, 1.165) is 18.2 Å². The first kappa shape index (κ1) is 24.6. The zero-order valence-corrected chi connectivity index (χ0v) is 19.1. The molecule has 0 radical (unpaired) electrons. The van der Waals surface area contributed by atoms with E-state index in [1.807, 2.05) is 0 Å². The van der Waals surface area contributed by atoms with E-state index in [-0.39, 0.29) is 27.5 Å². The van der Waals surface area contributed by atoms with E-state index in [0.29, 0.717) is 11.3 Å². The predicted octanol–water partition coefficient (Wildman–Crippen LogP) is 3.93. The number of amides is 1. The van der Waals surface area contributed by atoms with Gasteiger partial charge in [-0.1, -0.05) is 24.3 Å². The van der Waals surface area contributed by atoms with Crippen LogP contribution in [0.5, 0.6) is 0 Å². The van der Waals surface area contributed by atoms with Crippen LogP contribution >= 0.6 is 0 Å². The number of sulfonamides is 1. The standard InChI is InChI=1S/C24H21FN2O6S/c1-15-12-18(25)10-11-22(15)34(31,32)27-21-9-4-3-8-20(21)24(30)33-14-23(29)26-19-7-5-6-17(13-19)16(2)28/h3-13,27H,14H2,1-2H3,(H,26,29). The van der Waals surface area contributed by atoms with Gasteiger partial charge < -0.3 is 10.1 Å². The van der Waals surface area contributed by atoms with Crippen molar-refractivity contribution in [1.29, 1.82) is 0 Å². The third-order valence-corrected chi connectivity index (χ3v) is 6.23. The van der Waals surface area contributed by atoms with Crippen LogP contribution in [0.25, 0.3) is 0 Å². The van der Waals surface area contributed by atoms with E-state index < -0.39 is 34.3 Å². The lowest BCUT2D eigenvalue weighted by Gasteiger charge is -2.14. The third kappa shape index (κ3) is 6.04. The summed E-state index contributed by atoms with van der Waals surface area (Å²) in [6.07, 6.45) is 0. The Bertz CT molecular complexity index is 1370. The summed E-state index contributed by atoms with van der Waals surface area (Å²) in [6, 6.07) is 15.2. The Morgan fingerprint density at radius 3 is 2.41 bits per heavy atom. The molecule has 0 aliphatic heterocycles. The van der Waals surface area contributed by atoms with Crippen LogP contribution in [0.4, 0.5) is 15.8 Å². The second-order valence-electron chi connectivity index (χ2n) is 7.32. The number of ether oxygens (including phenoxy) is 1. The summed E-state index contributed by atoms with van der Waals surface area (Å²) in [6.45, 7) is 2.20. The molecule has 0 unspecified atom stereocenters. The van der Waals surface area contributed by atoms with E-state index >= 15 is 0 Å². The van der Waals surface area contributed by atoms with E-state index in [9.17, 15) is 27.2 Å². The fourth-order valence-electron chi connectivity index (χ4n) is 3.09. The van der Waals surface area contributed by atoms with Crippen molar-refractivity contribution >= 4 is 39.1 Å². The topological polar surface area (TPSA) is 119 Å². The molecule has 3 aromatic rings. The van der Waals surface area contributed by atoms with Gasteiger partial charge >= 0.3 is 5.97 Å². The Kier molecular flexibility index (Phi) is 7.42. The molecular weight excluding hydrogens is 463 g/mol. The van der Waals surface area contributed by atoms with Crippen LogP contribution in [0, 0.1) is 12.7 Å². The molecule has 0 heterocycles. The van der Waals surface area contributed by atoms with Crippen LogP contribution in [0.15, 0.2) is 71.6 Å². The van der Waals surface area contributed by atoms with Gasteiger partial charge in [0.15, 0.2) is 12.4 Å². The minimum atomic E-state index is -4.13. The average Bonchev–Trinajstić information content (AvgIpc) is 2.77. The van der Waals surface area contributed by atoms with E-state index in [1.54, 1.807) is 18.2 Å². The van der Waals surface area contributed by atoms with Crippen molar-refractivity contribution in [3.05, 3.63) is 89.2 Å². The number of carbonyl (C=O) groups excluding carboxylic acids is 3. The molecule has 0 aromatic heterocycles. The number of nitrogens with one attached hydrogen (secondary N) is 2. The summed E-state index contributed by atoms with van der Waals surface area (Å²) in [5, 5.41) is 2.52. The highest BCUT2D eigenvalue weighted by Gasteiger charge is 2.21. The quantitative estimate of drug-likeness (QED) is 0.369. The molecule has 0 spiro atoms. The molecule has 0 fully saturated rings. The maximum absolute atomic E-state index is 13.4. The highest BCUT2D eigenvalue weighted by atomic mass is 32.2. The first-order chi connectivity index (χ1) is 16.1. The van der Waals surface area contributed by atoms with Crippen LogP contribution in [0.2, 0.25) is 0 Å². The van der Waals surface area contributed by atoms with Crippen LogP contribution in [-0.2, 0) is 19.6 Å². The lowest BCUT2D eigenvalue weighted by Crippen LogP contribution is -2.22. The normalized spacial score (nSPS) is 10.9. The Balaban J connectivity index is 1.70. The number of rotatable bonds is 8. The lowest BCUT2D eigenvalue weighted by atomic mass is 10.1. The number of aryl methyl sites for hydroxylation is 1. The number of Topliss-reactive ketones (excluding diaryl/α,β-unsaturated/α-hetero) is 1. The number of para-hydroxylation sites is 1. The van der Waals surface area contributed by atoms with Crippen LogP contribution < -0.4 is 10.0 Å². The number of ketones is 1. The maximum atomic E-state index is 13.4. The zero-order chi connectivity index (χ0) is 24.9. The monoisotopic (exact) mass is 484 g/mol. The van der Waals surface area contributed by atoms with Gasteiger partial charge in [-0.15, -0.1) is 0 Å². The molecule has 2 N–H and O–H groups in total. The summed E-state index contributed by atoms with van der Waals surface area (Å²) in [5.74, 6) is -2.32. The highest BCUT2D eigenvalue weighted by molar-refractivity contribution is 7.92. The molecule has 0 atom stereocenters. The molecule has 3 aromatic carbocycles. The fraction of sp³-hybridized carbons (Fsp3) is 0.125. The minimum absolute atomic E-state index is 0.0641. The van der Waals surface area contributed by atoms with E-state index in [1.165, 1.54) is 44.2 Å². The number of hydrogen-bond donors (Lipinski definition) is 2.